The molecule has 0 spiro atoms. The first-order valence-corrected chi connectivity index (χ1v) is 7.63. The Balaban J connectivity index is 2.52. The van der Waals surface area contributed by atoms with Gasteiger partial charge < -0.3 is 15.1 Å². The van der Waals surface area contributed by atoms with Gasteiger partial charge in [0.1, 0.15) is 0 Å². The molecule has 0 fully saturated rings. The maximum atomic E-state index is 12.1. The van der Waals surface area contributed by atoms with Crippen LogP contribution in [0, 0.1) is 0 Å². The van der Waals surface area contributed by atoms with E-state index in [0.717, 1.165) is 38.0 Å². The second-order valence-electron chi connectivity index (χ2n) is 5.62. The molecule has 1 rings (SSSR count). The first-order valence-electron chi connectivity index (χ1n) is 7.63. The van der Waals surface area contributed by atoms with Crippen molar-refractivity contribution in [3.05, 3.63) is 24.0 Å². The van der Waals surface area contributed by atoms with Crippen molar-refractivity contribution < 1.29 is 4.79 Å². The van der Waals surface area contributed by atoms with E-state index in [0.29, 0.717) is 12.1 Å². The monoisotopic (exact) mass is 292 g/mol. The predicted octanol–water partition coefficient (Wildman–Crippen LogP) is 2.00. The first kappa shape index (κ1) is 17.4. The molecule has 0 radical (unpaired) electrons. The van der Waals surface area contributed by atoms with E-state index in [1.165, 1.54) is 0 Å². The molecule has 0 atom stereocenters. The summed E-state index contributed by atoms with van der Waals surface area (Å²) >= 11 is 0. The summed E-state index contributed by atoms with van der Waals surface area (Å²) in [5, 5.41) is 2.94. The molecule has 5 nitrogen and oxygen atoms in total. The molecule has 0 aliphatic heterocycles. The third-order valence-electron chi connectivity index (χ3n) is 3.34. The van der Waals surface area contributed by atoms with Gasteiger partial charge in [-0.25, -0.2) is 0 Å². The zero-order valence-corrected chi connectivity index (χ0v) is 13.7. The highest BCUT2D eigenvalue weighted by Gasteiger charge is 2.08. The number of hydrogen-bond acceptors (Lipinski definition) is 4. The molecular weight excluding hydrogens is 264 g/mol. The third-order valence-corrected chi connectivity index (χ3v) is 3.34. The molecule has 0 saturated carbocycles. The lowest BCUT2D eigenvalue weighted by atomic mass is 10.2. The van der Waals surface area contributed by atoms with E-state index in [2.05, 4.69) is 27.0 Å². The van der Waals surface area contributed by atoms with E-state index in [1.54, 1.807) is 12.4 Å². The summed E-state index contributed by atoms with van der Waals surface area (Å²) in [4.78, 5) is 20.5. The number of carbonyl (C=O) groups is 1. The lowest BCUT2D eigenvalue weighted by Crippen LogP contribution is -2.27. The number of aromatic nitrogens is 1. The van der Waals surface area contributed by atoms with Gasteiger partial charge in [-0.3, -0.25) is 9.78 Å². The summed E-state index contributed by atoms with van der Waals surface area (Å²) in [6.45, 7) is 4.81. The first-order chi connectivity index (χ1) is 10.0. The molecule has 118 valence electrons. The van der Waals surface area contributed by atoms with Crippen LogP contribution >= 0.6 is 0 Å². The molecule has 1 amide bonds. The van der Waals surface area contributed by atoms with Crippen molar-refractivity contribution in [3.8, 4) is 0 Å². The number of pyridine rings is 1. The van der Waals surface area contributed by atoms with Crippen molar-refractivity contribution in [3.63, 3.8) is 0 Å². The molecule has 0 bridgehead atoms. The fourth-order valence-corrected chi connectivity index (χ4v) is 1.98. The average molecular weight is 292 g/mol. The number of nitrogens with zero attached hydrogens (tertiary/aromatic N) is 3. The van der Waals surface area contributed by atoms with E-state index in [1.807, 2.05) is 27.2 Å². The highest BCUT2D eigenvalue weighted by molar-refractivity contribution is 5.94. The lowest BCUT2D eigenvalue weighted by Gasteiger charge is -2.19. The van der Waals surface area contributed by atoms with Gasteiger partial charge in [-0.1, -0.05) is 13.3 Å². The molecule has 0 unspecified atom stereocenters. The summed E-state index contributed by atoms with van der Waals surface area (Å²) in [5.41, 5.74) is 1.62. The van der Waals surface area contributed by atoms with Crippen LogP contribution < -0.4 is 10.2 Å². The quantitative estimate of drug-likeness (QED) is 0.707. The largest absolute Gasteiger partial charge is 0.373 e. The normalized spacial score (nSPS) is 10.7. The molecular formula is C16H28N4O. The summed E-state index contributed by atoms with van der Waals surface area (Å²) in [5.74, 6) is -0.0491. The van der Waals surface area contributed by atoms with Crippen molar-refractivity contribution in [2.45, 2.75) is 26.2 Å². The predicted molar refractivity (Wildman–Crippen MR) is 87.9 cm³/mol. The van der Waals surface area contributed by atoms with E-state index >= 15 is 0 Å². The molecule has 0 saturated heterocycles. The van der Waals surface area contributed by atoms with Crippen LogP contribution in [-0.2, 0) is 0 Å². The SMILES string of the molecule is CCCCN(C)c1cncc(C(=O)NCCCN(C)C)c1. The maximum absolute atomic E-state index is 12.1. The van der Waals surface area contributed by atoms with E-state index in [4.69, 9.17) is 0 Å². The lowest BCUT2D eigenvalue weighted by molar-refractivity contribution is 0.0952. The summed E-state index contributed by atoms with van der Waals surface area (Å²) < 4.78 is 0. The van der Waals surface area contributed by atoms with Crippen LogP contribution in [0.15, 0.2) is 18.5 Å². The summed E-state index contributed by atoms with van der Waals surface area (Å²) in [7, 11) is 6.09. The fourth-order valence-electron chi connectivity index (χ4n) is 1.98. The molecule has 1 aromatic rings. The zero-order valence-electron chi connectivity index (χ0n) is 13.7. The van der Waals surface area contributed by atoms with Gasteiger partial charge in [0, 0.05) is 26.3 Å². The molecule has 1 aromatic heterocycles. The standard InChI is InChI=1S/C16H28N4O/c1-5-6-10-20(4)15-11-14(12-17-13-15)16(21)18-8-7-9-19(2)3/h11-13H,5-10H2,1-4H3,(H,18,21). The van der Waals surface area contributed by atoms with Crippen molar-refractivity contribution in [1.82, 2.24) is 15.2 Å². The van der Waals surface area contributed by atoms with Crippen molar-refractivity contribution in [2.24, 2.45) is 0 Å². The second-order valence-corrected chi connectivity index (χ2v) is 5.62. The Morgan fingerprint density at radius 1 is 1.19 bits per heavy atom. The fraction of sp³-hybridized carbons (Fsp3) is 0.625. The van der Waals surface area contributed by atoms with E-state index in [-0.39, 0.29) is 5.91 Å². The molecule has 1 heterocycles. The minimum Gasteiger partial charge on any atom is -0.373 e. The van der Waals surface area contributed by atoms with Crippen molar-refractivity contribution in [2.75, 3.05) is 45.7 Å². The number of amides is 1. The van der Waals surface area contributed by atoms with Gasteiger partial charge in [0.2, 0.25) is 0 Å². The topological polar surface area (TPSA) is 48.5 Å². The molecule has 0 aromatic carbocycles. The van der Waals surface area contributed by atoms with Crippen LogP contribution in [0.25, 0.3) is 0 Å². The highest BCUT2D eigenvalue weighted by atomic mass is 16.1. The Morgan fingerprint density at radius 2 is 1.95 bits per heavy atom. The summed E-state index contributed by atoms with van der Waals surface area (Å²) in [6.07, 6.45) is 6.67. The smallest absolute Gasteiger partial charge is 0.252 e. The van der Waals surface area contributed by atoms with E-state index in [9.17, 15) is 4.79 Å². The Hall–Kier alpha value is -1.62. The number of carbonyl (C=O) groups excluding carboxylic acids is 1. The van der Waals surface area contributed by atoms with Gasteiger partial charge in [-0.2, -0.15) is 0 Å². The number of unbranched alkanes of at least 4 members (excludes halogenated alkanes) is 1. The van der Waals surface area contributed by atoms with Crippen LogP contribution in [0.5, 0.6) is 0 Å². The second kappa shape index (κ2) is 9.34. The van der Waals surface area contributed by atoms with Crippen LogP contribution in [-0.4, -0.2) is 56.6 Å². The minimum atomic E-state index is -0.0491. The molecule has 1 N–H and O–H groups in total. The van der Waals surface area contributed by atoms with Gasteiger partial charge in [0.15, 0.2) is 0 Å². The third kappa shape index (κ3) is 6.58. The van der Waals surface area contributed by atoms with Crippen LogP contribution in [0.4, 0.5) is 5.69 Å². The van der Waals surface area contributed by atoms with Crippen LogP contribution in [0.3, 0.4) is 0 Å². The van der Waals surface area contributed by atoms with Crippen molar-refractivity contribution in [1.29, 1.82) is 0 Å². The number of nitrogens with one attached hydrogen (secondary N) is 1. The average Bonchev–Trinajstić information content (AvgIpc) is 2.48. The molecule has 0 aliphatic rings. The van der Waals surface area contributed by atoms with Gasteiger partial charge in [-0.05, 0) is 39.5 Å². The molecule has 0 aliphatic carbocycles. The molecule has 21 heavy (non-hydrogen) atoms. The number of hydrogen-bond donors (Lipinski definition) is 1. The van der Waals surface area contributed by atoms with Gasteiger partial charge in [-0.15, -0.1) is 0 Å². The number of rotatable bonds is 9. The van der Waals surface area contributed by atoms with E-state index < -0.39 is 0 Å². The van der Waals surface area contributed by atoms with Crippen LogP contribution in [0.2, 0.25) is 0 Å². The van der Waals surface area contributed by atoms with Crippen molar-refractivity contribution >= 4 is 11.6 Å². The maximum Gasteiger partial charge on any atom is 0.252 e. The minimum absolute atomic E-state index is 0.0491. The van der Waals surface area contributed by atoms with Gasteiger partial charge in [0.25, 0.3) is 5.91 Å². The Morgan fingerprint density at radius 3 is 2.62 bits per heavy atom. The Kier molecular flexibility index (Phi) is 7.75. The van der Waals surface area contributed by atoms with Gasteiger partial charge >= 0.3 is 0 Å². The zero-order chi connectivity index (χ0) is 15.7. The molecule has 5 heteroatoms. The summed E-state index contributed by atoms with van der Waals surface area (Å²) in [6, 6.07) is 1.91. The Labute approximate surface area is 128 Å². The number of anilines is 1. The van der Waals surface area contributed by atoms with Gasteiger partial charge in [0.05, 0.1) is 17.4 Å². The highest BCUT2D eigenvalue weighted by Crippen LogP contribution is 2.13. The van der Waals surface area contributed by atoms with Crippen LogP contribution in [0.1, 0.15) is 36.5 Å². The Bertz CT molecular complexity index is 434.